The summed E-state index contributed by atoms with van der Waals surface area (Å²) in [5, 5.41) is 0.722. The smallest absolute Gasteiger partial charge is 0.224 e. The molecule has 0 spiro atoms. The first-order valence-corrected chi connectivity index (χ1v) is 6.13. The van der Waals surface area contributed by atoms with Crippen LogP contribution in [0.4, 0.5) is 0 Å². The number of nitrogens with zero attached hydrogens (tertiary/aromatic N) is 1. The van der Waals surface area contributed by atoms with Gasteiger partial charge in [0.05, 0.1) is 5.38 Å². The van der Waals surface area contributed by atoms with E-state index >= 15 is 0 Å². The molecule has 0 bridgehead atoms. The molecule has 1 aromatic carbocycles. The first-order chi connectivity index (χ1) is 7.65. The van der Waals surface area contributed by atoms with Crippen LogP contribution in [-0.4, -0.2) is 29.3 Å². The second kappa shape index (κ2) is 5.07. The highest BCUT2D eigenvalue weighted by atomic mass is 35.5. The fraction of sp³-hybridized carbons (Fsp3) is 0.417. The largest absolute Gasteiger partial charge is 0.341 e. The SMILES string of the molecule is O=C1CC(Cl)CN1CCc1ccc(Cl)cc1. The Morgan fingerprint density at radius 1 is 1.31 bits per heavy atom. The fourth-order valence-electron chi connectivity index (χ4n) is 1.86. The van der Waals surface area contributed by atoms with Crippen molar-refractivity contribution in [3.8, 4) is 0 Å². The second-order valence-electron chi connectivity index (χ2n) is 4.02. The average Bonchev–Trinajstić information content (AvgIpc) is 2.57. The van der Waals surface area contributed by atoms with Crippen molar-refractivity contribution in [2.45, 2.75) is 18.2 Å². The van der Waals surface area contributed by atoms with Crippen molar-refractivity contribution in [1.82, 2.24) is 4.90 Å². The van der Waals surface area contributed by atoms with Crippen molar-refractivity contribution in [1.29, 1.82) is 0 Å². The van der Waals surface area contributed by atoms with Gasteiger partial charge in [0.1, 0.15) is 0 Å². The van der Waals surface area contributed by atoms with Crippen LogP contribution >= 0.6 is 23.2 Å². The highest BCUT2D eigenvalue weighted by molar-refractivity contribution is 6.30. The van der Waals surface area contributed by atoms with Gasteiger partial charge in [0.15, 0.2) is 0 Å². The molecule has 0 N–H and O–H groups in total. The molecule has 16 heavy (non-hydrogen) atoms. The highest BCUT2D eigenvalue weighted by Gasteiger charge is 2.27. The van der Waals surface area contributed by atoms with Crippen LogP contribution in [0.3, 0.4) is 0 Å². The Morgan fingerprint density at radius 3 is 2.56 bits per heavy atom. The molecular formula is C12H13Cl2NO. The van der Waals surface area contributed by atoms with Gasteiger partial charge in [-0.1, -0.05) is 23.7 Å². The third kappa shape index (κ3) is 2.89. The van der Waals surface area contributed by atoms with Gasteiger partial charge in [0.2, 0.25) is 5.91 Å². The maximum absolute atomic E-state index is 11.5. The molecule has 1 fully saturated rings. The Bertz CT molecular complexity index is 377. The number of carbonyl (C=O) groups excluding carboxylic acids is 1. The normalized spacial score (nSPS) is 20.5. The predicted molar refractivity (Wildman–Crippen MR) is 66.0 cm³/mol. The number of halogens is 2. The molecule has 0 aromatic heterocycles. The van der Waals surface area contributed by atoms with Crippen LogP contribution in [0.1, 0.15) is 12.0 Å². The van der Waals surface area contributed by atoms with Crippen LogP contribution in [0.2, 0.25) is 5.02 Å². The first kappa shape index (κ1) is 11.7. The van der Waals surface area contributed by atoms with E-state index in [1.165, 1.54) is 5.56 Å². The van der Waals surface area contributed by atoms with E-state index in [0.29, 0.717) is 13.0 Å². The summed E-state index contributed by atoms with van der Waals surface area (Å²) < 4.78 is 0. The van der Waals surface area contributed by atoms with E-state index in [-0.39, 0.29) is 11.3 Å². The minimum absolute atomic E-state index is 0.0160. The van der Waals surface area contributed by atoms with Crippen LogP contribution in [0.15, 0.2) is 24.3 Å². The van der Waals surface area contributed by atoms with E-state index < -0.39 is 0 Å². The summed E-state index contributed by atoms with van der Waals surface area (Å²) in [6.07, 6.45) is 1.33. The monoisotopic (exact) mass is 257 g/mol. The molecule has 1 aliphatic heterocycles. The molecule has 0 radical (unpaired) electrons. The number of carbonyl (C=O) groups is 1. The number of likely N-dealkylation sites (tertiary alicyclic amines) is 1. The van der Waals surface area contributed by atoms with Gasteiger partial charge in [-0.15, -0.1) is 11.6 Å². The van der Waals surface area contributed by atoms with E-state index in [4.69, 9.17) is 23.2 Å². The Morgan fingerprint density at radius 2 is 2.00 bits per heavy atom. The van der Waals surface area contributed by atoms with Gasteiger partial charge in [0.25, 0.3) is 0 Å². The van der Waals surface area contributed by atoms with Crippen LogP contribution in [-0.2, 0) is 11.2 Å². The zero-order valence-corrected chi connectivity index (χ0v) is 10.3. The van der Waals surface area contributed by atoms with E-state index in [1.807, 2.05) is 29.2 Å². The molecule has 1 saturated heterocycles. The number of amides is 1. The minimum Gasteiger partial charge on any atom is -0.341 e. The van der Waals surface area contributed by atoms with E-state index in [1.54, 1.807) is 0 Å². The maximum atomic E-state index is 11.5. The summed E-state index contributed by atoms with van der Waals surface area (Å²) >= 11 is 11.7. The second-order valence-corrected chi connectivity index (χ2v) is 5.07. The molecule has 1 aliphatic rings. The van der Waals surface area contributed by atoms with Crippen LogP contribution in [0.25, 0.3) is 0 Å². The van der Waals surface area contributed by atoms with Crippen LogP contribution < -0.4 is 0 Å². The zero-order chi connectivity index (χ0) is 11.5. The van der Waals surface area contributed by atoms with Gasteiger partial charge in [-0.2, -0.15) is 0 Å². The molecule has 0 aliphatic carbocycles. The van der Waals surface area contributed by atoms with Crippen molar-refractivity contribution >= 4 is 29.1 Å². The van der Waals surface area contributed by atoms with Gasteiger partial charge >= 0.3 is 0 Å². The Balaban J connectivity index is 1.88. The van der Waals surface area contributed by atoms with Gasteiger partial charge in [-0.25, -0.2) is 0 Å². The first-order valence-electron chi connectivity index (χ1n) is 5.31. The highest BCUT2D eigenvalue weighted by Crippen LogP contribution is 2.17. The lowest BCUT2D eigenvalue weighted by atomic mass is 10.1. The zero-order valence-electron chi connectivity index (χ0n) is 8.83. The lowest BCUT2D eigenvalue weighted by molar-refractivity contribution is -0.127. The summed E-state index contributed by atoms with van der Waals surface area (Å²) in [6.45, 7) is 1.41. The molecule has 1 amide bonds. The number of rotatable bonds is 3. The van der Waals surface area contributed by atoms with Crippen LogP contribution in [0.5, 0.6) is 0 Å². The standard InChI is InChI=1S/C12H13Cl2NO/c13-10-3-1-9(2-4-10)5-6-15-8-11(14)7-12(15)16/h1-4,11H,5-8H2. The van der Waals surface area contributed by atoms with Crippen molar-refractivity contribution in [3.05, 3.63) is 34.9 Å². The van der Waals surface area contributed by atoms with Crippen molar-refractivity contribution in [3.63, 3.8) is 0 Å². The number of hydrogen-bond acceptors (Lipinski definition) is 1. The molecule has 4 heteroatoms. The number of hydrogen-bond donors (Lipinski definition) is 0. The fourth-order valence-corrected chi connectivity index (χ4v) is 2.28. The average molecular weight is 258 g/mol. The summed E-state index contributed by atoms with van der Waals surface area (Å²) in [7, 11) is 0. The summed E-state index contributed by atoms with van der Waals surface area (Å²) in [5.74, 6) is 0.161. The molecule has 2 nitrogen and oxygen atoms in total. The third-order valence-corrected chi connectivity index (χ3v) is 3.30. The molecule has 1 aromatic rings. The molecule has 2 rings (SSSR count). The number of benzene rings is 1. The summed E-state index contributed by atoms with van der Waals surface area (Å²) in [4.78, 5) is 13.3. The number of alkyl halides is 1. The van der Waals surface area contributed by atoms with Gasteiger partial charge in [-0.05, 0) is 24.1 Å². The van der Waals surface area contributed by atoms with Gasteiger partial charge in [-0.3, -0.25) is 4.79 Å². The molecular weight excluding hydrogens is 245 g/mol. The molecule has 0 saturated carbocycles. The Labute approximate surface area is 105 Å². The van der Waals surface area contributed by atoms with E-state index in [2.05, 4.69) is 0 Å². The topological polar surface area (TPSA) is 20.3 Å². The predicted octanol–water partition coefficient (Wildman–Crippen LogP) is 2.72. The van der Waals surface area contributed by atoms with Crippen LogP contribution in [0, 0.1) is 0 Å². The quantitative estimate of drug-likeness (QED) is 0.763. The van der Waals surface area contributed by atoms with Crippen molar-refractivity contribution in [2.24, 2.45) is 0 Å². The lowest BCUT2D eigenvalue weighted by Crippen LogP contribution is -2.27. The maximum Gasteiger partial charge on any atom is 0.224 e. The minimum atomic E-state index is -0.0160. The Kier molecular flexibility index (Phi) is 3.72. The van der Waals surface area contributed by atoms with Gasteiger partial charge in [0, 0.05) is 24.5 Å². The third-order valence-electron chi connectivity index (χ3n) is 2.75. The Hall–Kier alpha value is -0.730. The van der Waals surface area contributed by atoms with Gasteiger partial charge < -0.3 is 4.90 Å². The summed E-state index contributed by atoms with van der Waals surface area (Å²) in [5.41, 5.74) is 1.19. The van der Waals surface area contributed by atoms with Crippen molar-refractivity contribution < 1.29 is 4.79 Å². The lowest BCUT2D eigenvalue weighted by Gasteiger charge is -2.15. The van der Waals surface area contributed by atoms with E-state index in [9.17, 15) is 4.79 Å². The molecule has 1 unspecified atom stereocenters. The molecule has 1 atom stereocenters. The van der Waals surface area contributed by atoms with E-state index in [0.717, 1.165) is 18.0 Å². The molecule has 86 valence electrons. The summed E-state index contributed by atoms with van der Waals surface area (Å²) in [6, 6.07) is 7.71. The molecule has 1 heterocycles. The van der Waals surface area contributed by atoms with Crippen molar-refractivity contribution in [2.75, 3.05) is 13.1 Å².